The average Bonchev–Trinajstić information content (AvgIpc) is 2.63. The number of imidazole rings is 1. The van der Waals surface area contributed by atoms with Gasteiger partial charge in [0.05, 0.1) is 16.0 Å². The van der Waals surface area contributed by atoms with Crippen molar-refractivity contribution < 1.29 is 9.72 Å². The predicted molar refractivity (Wildman–Crippen MR) is 64.9 cm³/mol. The van der Waals surface area contributed by atoms with E-state index in [0.29, 0.717) is 17.8 Å². The molecule has 0 fully saturated rings. The van der Waals surface area contributed by atoms with Gasteiger partial charge in [-0.2, -0.15) is 0 Å². The van der Waals surface area contributed by atoms with Crippen LogP contribution in [-0.2, 0) is 18.3 Å². The summed E-state index contributed by atoms with van der Waals surface area (Å²) in [5.41, 5.74) is 6.42. The lowest BCUT2D eigenvalue weighted by Gasteiger charge is -1.99. The number of fused-ring (bicyclic) bond motifs is 1. The number of nitrogens with zero attached hydrogens (tertiary/aromatic N) is 3. The van der Waals surface area contributed by atoms with Crippen molar-refractivity contribution in [1.29, 1.82) is 0 Å². The lowest BCUT2D eigenvalue weighted by atomic mass is 10.3. The Morgan fingerprint density at radius 3 is 2.89 bits per heavy atom. The van der Waals surface area contributed by atoms with Crippen LogP contribution in [-0.4, -0.2) is 20.4 Å². The Balaban J connectivity index is 2.42. The van der Waals surface area contributed by atoms with Crippen LogP contribution in [0.4, 0.5) is 5.69 Å². The van der Waals surface area contributed by atoms with Gasteiger partial charge in [-0.3, -0.25) is 14.9 Å². The van der Waals surface area contributed by atoms with Crippen molar-refractivity contribution in [1.82, 2.24) is 9.55 Å². The molecule has 7 heteroatoms. The van der Waals surface area contributed by atoms with E-state index < -0.39 is 10.8 Å². The second-order valence-corrected chi connectivity index (χ2v) is 3.98. The zero-order chi connectivity index (χ0) is 13.3. The summed E-state index contributed by atoms with van der Waals surface area (Å²) in [7, 11) is 1.80. The van der Waals surface area contributed by atoms with E-state index in [1.54, 1.807) is 13.1 Å². The quantitative estimate of drug-likeness (QED) is 0.641. The van der Waals surface area contributed by atoms with Gasteiger partial charge in [-0.1, -0.05) is 0 Å². The molecule has 0 bridgehead atoms. The van der Waals surface area contributed by atoms with Crippen molar-refractivity contribution >= 4 is 22.6 Å². The molecule has 1 aromatic carbocycles. The van der Waals surface area contributed by atoms with E-state index in [0.717, 1.165) is 5.52 Å². The zero-order valence-electron chi connectivity index (χ0n) is 9.79. The highest BCUT2D eigenvalue weighted by Crippen LogP contribution is 2.21. The molecule has 0 saturated carbocycles. The molecule has 0 unspecified atom stereocenters. The third kappa shape index (κ3) is 2.15. The van der Waals surface area contributed by atoms with Crippen LogP contribution in [0.5, 0.6) is 0 Å². The SMILES string of the molecule is Cn1c(CCC(N)=O)nc2cc([N+](=O)[O-])ccc21. The fourth-order valence-electron chi connectivity index (χ4n) is 1.81. The number of carbonyl (C=O) groups is 1. The molecule has 0 aliphatic heterocycles. The van der Waals surface area contributed by atoms with Crippen LogP contribution < -0.4 is 5.73 Å². The van der Waals surface area contributed by atoms with Crippen LogP contribution in [0.25, 0.3) is 11.0 Å². The van der Waals surface area contributed by atoms with Gasteiger partial charge in [-0.15, -0.1) is 0 Å². The third-order valence-electron chi connectivity index (χ3n) is 2.76. The number of aryl methyl sites for hydroxylation is 2. The van der Waals surface area contributed by atoms with Crippen molar-refractivity contribution in [3.05, 3.63) is 34.1 Å². The number of carbonyl (C=O) groups excluding carboxylic acids is 1. The Morgan fingerprint density at radius 1 is 1.56 bits per heavy atom. The molecule has 1 aromatic heterocycles. The number of hydrogen-bond acceptors (Lipinski definition) is 4. The Morgan fingerprint density at radius 2 is 2.28 bits per heavy atom. The van der Waals surface area contributed by atoms with Gasteiger partial charge in [-0.25, -0.2) is 4.98 Å². The second-order valence-electron chi connectivity index (χ2n) is 3.98. The highest BCUT2D eigenvalue weighted by atomic mass is 16.6. The molecule has 0 atom stereocenters. The molecule has 0 aliphatic carbocycles. The van der Waals surface area contributed by atoms with Gasteiger partial charge >= 0.3 is 0 Å². The first-order valence-corrected chi connectivity index (χ1v) is 5.37. The van der Waals surface area contributed by atoms with E-state index in [2.05, 4.69) is 4.98 Å². The van der Waals surface area contributed by atoms with Crippen LogP contribution in [0.1, 0.15) is 12.2 Å². The molecule has 1 amide bonds. The monoisotopic (exact) mass is 248 g/mol. The second kappa shape index (κ2) is 4.44. The predicted octanol–water partition coefficient (Wildman–Crippen LogP) is 0.899. The van der Waals surface area contributed by atoms with Gasteiger partial charge < -0.3 is 10.3 Å². The van der Waals surface area contributed by atoms with Crippen molar-refractivity contribution in [3.63, 3.8) is 0 Å². The minimum atomic E-state index is -0.461. The topological polar surface area (TPSA) is 104 Å². The number of nitrogens with two attached hydrogens (primary N) is 1. The molecule has 2 aromatic rings. The first kappa shape index (κ1) is 12.0. The summed E-state index contributed by atoms with van der Waals surface area (Å²) in [5, 5.41) is 10.7. The van der Waals surface area contributed by atoms with Crippen LogP contribution in [0.3, 0.4) is 0 Å². The third-order valence-corrected chi connectivity index (χ3v) is 2.76. The van der Waals surface area contributed by atoms with Crippen LogP contribution in [0, 0.1) is 10.1 Å². The van der Waals surface area contributed by atoms with Crippen molar-refractivity contribution in [2.45, 2.75) is 12.8 Å². The number of non-ortho nitro benzene ring substituents is 1. The van der Waals surface area contributed by atoms with Crippen LogP contribution in [0.15, 0.2) is 18.2 Å². The number of nitro groups is 1. The largest absolute Gasteiger partial charge is 0.370 e. The molecule has 1 heterocycles. The van der Waals surface area contributed by atoms with Gasteiger partial charge in [0.15, 0.2) is 0 Å². The lowest BCUT2D eigenvalue weighted by Crippen LogP contribution is -2.12. The fraction of sp³-hybridized carbons (Fsp3) is 0.273. The normalized spacial score (nSPS) is 10.7. The summed E-state index contributed by atoms with van der Waals surface area (Å²) in [6.45, 7) is 0. The number of aromatic nitrogens is 2. The molecular formula is C11H12N4O3. The maximum absolute atomic E-state index is 10.7. The molecule has 0 saturated heterocycles. The van der Waals surface area contributed by atoms with Crippen molar-refractivity contribution in [2.75, 3.05) is 0 Å². The number of hydrogen-bond donors (Lipinski definition) is 1. The minimum Gasteiger partial charge on any atom is -0.370 e. The van der Waals surface area contributed by atoms with Gasteiger partial charge in [0.1, 0.15) is 5.82 Å². The summed E-state index contributed by atoms with van der Waals surface area (Å²) in [5.74, 6) is 0.289. The van der Waals surface area contributed by atoms with E-state index in [1.807, 2.05) is 4.57 Å². The maximum Gasteiger partial charge on any atom is 0.271 e. The molecule has 0 radical (unpaired) electrons. The highest BCUT2D eigenvalue weighted by Gasteiger charge is 2.12. The summed E-state index contributed by atoms with van der Waals surface area (Å²) >= 11 is 0. The molecule has 18 heavy (non-hydrogen) atoms. The van der Waals surface area contributed by atoms with Crippen molar-refractivity contribution in [2.24, 2.45) is 12.8 Å². The Bertz CT molecular complexity index is 632. The number of rotatable bonds is 4. The Labute approximate surface area is 102 Å². The zero-order valence-corrected chi connectivity index (χ0v) is 9.79. The summed E-state index contributed by atoms with van der Waals surface area (Å²) in [4.78, 5) is 25.2. The molecule has 2 rings (SSSR count). The smallest absolute Gasteiger partial charge is 0.271 e. The van der Waals surface area contributed by atoms with E-state index >= 15 is 0 Å². The summed E-state index contributed by atoms with van der Waals surface area (Å²) in [6, 6.07) is 4.50. The van der Waals surface area contributed by atoms with E-state index in [9.17, 15) is 14.9 Å². The Kier molecular flexibility index (Phi) is 2.97. The first-order chi connectivity index (χ1) is 8.49. The lowest BCUT2D eigenvalue weighted by molar-refractivity contribution is -0.384. The molecule has 94 valence electrons. The van der Waals surface area contributed by atoms with Gasteiger partial charge in [0, 0.05) is 32.0 Å². The van der Waals surface area contributed by atoms with E-state index in [1.165, 1.54) is 12.1 Å². The highest BCUT2D eigenvalue weighted by molar-refractivity contribution is 5.79. The van der Waals surface area contributed by atoms with E-state index in [4.69, 9.17) is 5.73 Å². The van der Waals surface area contributed by atoms with Gasteiger partial charge in [-0.05, 0) is 6.07 Å². The summed E-state index contributed by atoms with van der Waals surface area (Å²) < 4.78 is 1.81. The molecular weight excluding hydrogens is 236 g/mol. The standard InChI is InChI=1S/C11H12N4O3/c1-14-9-3-2-7(15(17)18)6-8(9)13-11(14)5-4-10(12)16/h2-3,6H,4-5H2,1H3,(H2,12,16). The average molecular weight is 248 g/mol. The molecule has 7 nitrogen and oxygen atoms in total. The van der Waals surface area contributed by atoms with Gasteiger partial charge in [0.2, 0.25) is 5.91 Å². The molecule has 0 aliphatic rings. The first-order valence-electron chi connectivity index (χ1n) is 5.37. The number of nitro benzene ring substituents is 1. The number of primary amides is 1. The minimum absolute atomic E-state index is 0.00190. The van der Waals surface area contributed by atoms with Crippen LogP contribution in [0.2, 0.25) is 0 Å². The van der Waals surface area contributed by atoms with Crippen molar-refractivity contribution in [3.8, 4) is 0 Å². The fourth-order valence-corrected chi connectivity index (χ4v) is 1.81. The maximum atomic E-state index is 10.7. The number of amides is 1. The van der Waals surface area contributed by atoms with Gasteiger partial charge in [0.25, 0.3) is 5.69 Å². The molecule has 2 N–H and O–H groups in total. The Hall–Kier alpha value is -2.44. The van der Waals surface area contributed by atoms with Crippen LogP contribution >= 0.6 is 0 Å². The van der Waals surface area contributed by atoms with E-state index in [-0.39, 0.29) is 12.1 Å². The molecule has 0 spiro atoms. The summed E-state index contributed by atoms with van der Waals surface area (Å²) in [6.07, 6.45) is 0.633. The number of benzene rings is 1.